The molecule has 8 nitrogen and oxygen atoms in total. The Morgan fingerprint density at radius 1 is 1.04 bits per heavy atom. The van der Waals surface area contributed by atoms with E-state index in [0.717, 1.165) is 87.3 Å². The number of halogens is 1. The molecule has 1 saturated carbocycles. The van der Waals surface area contributed by atoms with Crippen LogP contribution in [0.1, 0.15) is 99.5 Å². The minimum absolute atomic E-state index is 0.0477. The first kappa shape index (κ1) is 37.1. The summed E-state index contributed by atoms with van der Waals surface area (Å²) in [6, 6.07) is 12.2. The smallest absolute Gasteiger partial charge is 0.263 e. The van der Waals surface area contributed by atoms with Crippen LogP contribution < -0.4 is 14.4 Å². The van der Waals surface area contributed by atoms with Crippen LogP contribution in [-0.2, 0) is 26.9 Å². The second kappa shape index (κ2) is 17.7. The van der Waals surface area contributed by atoms with Crippen molar-refractivity contribution in [2.75, 3.05) is 51.9 Å². The molecule has 5 rings (SSSR count). The SMILES string of the molecule is CCCCC(CC)S(=O)NC(=O)c1ccc2c(c1)N(CC1CCC1CC1OCC(N(C)C)CO1)CC(c1ccc(Cl)cc1CCC)CO2. The number of unbranched alkanes of at least 4 members (excludes halogenated alkanes) is 1. The Kier molecular flexibility index (Phi) is 13.6. The zero-order valence-corrected chi connectivity index (χ0v) is 31.1. The van der Waals surface area contributed by atoms with E-state index >= 15 is 0 Å². The Morgan fingerprint density at radius 3 is 2.48 bits per heavy atom. The zero-order valence-electron chi connectivity index (χ0n) is 29.5. The third-order valence-electron chi connectivity index (χ3n) is 10.5. The molecule has 1 aliphatic carbocycles. The van der Waals surface area contributed by atoms with Crippen LogP contribution >= 0.6 is 11.6 Å². The third kappa shape index (κ3) is 9.33. The van der Waals surface area contributed by atoms with Gasteiger partial charge < -0.3 is 24.0 Å². The standard InChI is InChI=1S/C38H56ClN3O5S/c1-6-9-11-33(8-3)48(44)40-38(43)28-14-17-36-35(19-28)42(22-30(23-45-36)34-16-15-31(39)18-27(34)10-7-2)21-29-13-12-26(29)20-37-46-24-32(25-47-37)41(4)5/h14-19,26,29-30,32-33,37H,6-13,20-25H2,1-5H3,(H,40,43). The van der Waals surface area contributed by atoms with E-state index in [2.05, 4.69) is 54.6 Å². The van der Waals surface area contributed by atoms with E-state index in [1.165, 1.54) is 11.1 Å². The highest BCUT2D eigenvalue weighted by molar-refractivity contribution is 7.84. The summed E-state index contributed by atoms with van der Waals surface area (Å²) in [5.74, 6) is 1.59. The molecule has 48 heavy (non-hydrogen) atoms. The van der Waals surface area contributed by atoms with Crippen molar-refractivity contribution < 1.29 is 23.2 Å². The lowest BCUT2D eigenvalue weighted by atomic mass is 9.71. The maximum absolute atomic E-state index is 13.5. The Hall–Kier alpha value is -2.17. The van der Waals surface area contributed by atoms with Gasteiger partial charge in [0, 0.05) is 36.0 Å². The number of carbonyl (C=O) groups is 1. The molecule has 3 aliphatic rings. The fraction of sp³-hybridized carbons (Fsp3) is 0.658. The fourth-order valence-corrected chi connectivity index (χ4v) is 8.61. The molecule has 2 heterocycles. The van der Waals surface area contributed by atoms with Crippen LogP contribution in [0.15, 0.2) is 36.4 Å². The van der Waals surface area contributed by atoms with Crippen LogP contribution in [0.5, 0.6) is 5.75 Å². The average Bonchev–Trinajstić information content (AvgIpc) is 3.25. The highest BCUT2D eigenvalue weighted by Gasteiger charge is 2.38. The Labute approximate surface area is 295 Å². The van der Waals surface area contributed by atoms with Crippen LogP contribution in [-0.4, -0.2) is 79.6 Å². The fourth-order valence-electron chi connectivity index (χ4n) is 7.27. The molecule has 2 aromatic carbocycles. The van der Waals surface area contributed by atoms with Crippen molar-refractivity contribution in [3.63, 3.8) is 0 Å². The van der Waals surface area contributed by atoms with E-state index in [1.54, 1.807) is 6.07 Å². The Balaban J connectivity index is 1.37. The normalized spacial score (nSPS) is 25.4. The molecule has 1 N–H and O–H groups in total. The van der Waals surface area contributed by atoms with Crippen LogP contribution in [0.2, 0.25) is 5.02 Å². The van der Waals surface area contributed by atoms with Crippen LogP contribution in [0.4, 0.5) is 5.69 Å². The monoisotopic (exact) mass is 701 g/mol. The largest absolute Gasteiger partial charge is 0.491 e. The van der Waals surface area contributed by atoms with E-state index in [1.807, 2.05) is 25.1 Å². The van der Waals surface area contributed by atoms with Gasteiger partial charge in [-0.05, 0) is 99.5 Å². The van der Waals surface area contributed by atoms with Gasteiger partial charge in [-0.1, -0.05) is 57.7 Å². The first-order chi connectivity index (χ1) is 23.2. The molecule has 0 aromatic heterocycles. The van der Waals surface area contributed by atoms with E-state index in [4.69, 9.17) is 25.8 Å². The van der Waals surface area contributed by atoms with Gasteiger partial charge in [-0.2, -0.15) is 0 Å². The summed E-state index contributed by atoms with van der Waals surface area (Å²) >= 11 is 6.45. The highest BCUT2D eigenvalue weighted by atomic mass is 35.5. The number of anilines is 1. The summed E-state index contributed by atoms with van der Waals surface area (Å²) in [5, 5.41) is 0.708. The van der Waals surface area contributed by atoms with E-state index in [0.29, 0.717) is 43.3 Å². The topological polar surface area (TPSA) is 80.3 Å². The van der Waals surface area contributed by atoms with Crippen molar-refractivity contribution in [1.29, 1.82) is 0 Å². The van der Waals surface area contributed by atoms with Gasteiger partial charge in [0.2, 0.25) is 0 Å². The van der Waals surface area contributed by atoms with E-state index in [-0.39, 0.29) is 23.4 Å². The van der Waals surface area contributed by atoms with Gasteiger partial charge in [-0.3, -0.25) is 9.52 Å². The van der Waals surface area contributed by atoms with Gasteiger partial charge in [-0.15, -0.1) is 0 Å². The number of aryl methyl sites for hydroxylation is 1. The maximum Gasteiger partial charge on any atom is 0.263 e. The first-order valence-electron chi connectivity index (χ1n) is 18.1. The van der Waals surface area contributed by atoms with Crippen molar-refractivity contribution in [2.45, 2.75) is 102 Å². The molecule has 0 bridgehead atoms. The lowest BCUT2D eigenvalue weighted by Gasteiger charge is -2.43. The lowest BCUT2D eigenvalue weighted by Crippen LogP contribution is -2.46. The minimum atomic E-state index is -1.44. The van der Waals surface area contributed by atoms with Crippen molar-refractivity contribution in [1.82, 2.24) is 9.62 Å². The second-order valence-corrected chi connectivity index (χ2v) is 16.0. The summed E-state index contributed by atoms with van der Waals surface area (Å²) in [4.78, 5) is 18.1. The van der Waals surface area contributed by atoms with Crippen LogP contribution in [0.25, 0.3) is 0 Å². The van der Waals surface area contributed by atoms with Gasteiger partial charge in [0.05, 0.1) is 36.8 Å². The maximum atomic E-state index is 13.5. The number of nitrogens with one attached hydrogen (secondary N) is 1. The predicted octanol–water partition coefficient (Wildman–Crippen LogP) is 7.36. The van der Waals surface area contributed by atoms with E-state index in [9.17, 15) is 9.00 Å². The molecule has 2 aliphatic heterocycles. The summed E-state index contributed by atoms with van der Waals surface area (Å²) in [6.45, 7) is 9.91. The zero-order chi connectivity index (χ0) is 34.2. The average molecular weight is 702 g/mol. The number of fused-ring (bicyclic) bond motifs is 1. The Bertz CT molecular complexity index is 1380. The number of ether oxygens (including phenoxy) is 3. The number of carbonyl (C=O) groups excluding carboxylic acids is 1. The molecular formula is C38H56ClN3O5S. The molecule has 2 aromatic rings. The Morgan fingerprint density at radius 2 is 1.81 bits per heavy atom. The lowest BCUT2D eigenvalue weighted by molar-refractivity contribution is -0.212. The van der Waals surface area contributed by atoms with Gasteiger partial charge in [0.25, 0.3) is 5.91 Å². The molecule has 0 radical (unpaired) electrons. The number of benzene rings is 2. The minimum Gasteiger partial charge on any atom is -0.491 e. The van der Waals surface area contributed by atoms with E-state index < -0.39 is 11.0 Å². The quantitative estimate of drug-likeness (QED) is 0.208. The summed E-state index contributed by atoms with van der Waals surface area (Å²) < 4.78 is 34.7. The van der Waals surface area contributed by atoms with Gasteiger partial charge in [0.1, 0.15) is 16.7 Å². The molecule has 0 spiro atoms. The van der Waals surface area contributed by atoms with Gasteiger partial charge in [0.15, 0.2) is 6.29 Å². The number of hydrogen-bond acceptors (Lipinski definition) is 7. The number of amides is 1. The van der Waals surface area contributed by atoms with Crippen molar-refractivity contribution in [2.24, 2.45) is 11.8 Å². The summed E-state index contributed by atoms with van der Waals surface area (Å²) in [7, 11) is 2.69. The van der Waals surface area contributed by atoms with Gasteiger partial charge in [-0.25, -0.2) is 4.21 Å². The molecule has 10 heteroatoms. The molecular weight excluding hydrogens is 646 g/mol. The summed E-state index contributed by atoms with van der Waals surface area (Å²) in [5.41, 5.74) is 3.96. The molecule has 1 amide bonds. The highest BCUT2D eigenvalue weighted by Crippen LogP contribution is 2.43. The molecule has 5 atom stereocenters. The molecule has 5 unspecified atom stereocenters. The number of rotatable bonds is 15. The van der Waals surface area contributed by atoms with Crippen LogP contribution in [0, 0.1) is 11.8 Å². The second-order valence-electron chi connectivity index (χ2n) is 14.1. The number of hydrogen-bond donors (Lipinski definition) is 1. The van der Waals surface area contributed by atoms with Crippen LogP contribution in [0.3, 0.4) is 0 Å². The molecule has 266 valence electrons. The van der Waals surface area contributed by atoms with Crippen molar-refractivity contribution in [3.8, 4) is 5.75 Å². The first-order valence-corrected chi connectivity index (χ1v) is 19.7. The number of likely N-dealkylation sites (N-methyl/N-ethyl adjacent to an activating group) is 1. The molecule has 2 fully saturated rings. The molecule has 1 saturated heterocycles. The summed E-state index contributed by atoms with van der Waals surface area (Å²) in [6.07, 6.45) is 8.68. The third-order valence-corrected chi connectivity index (χ3v) is 12.3. The number of nitrogens with zero attached hydrogens (tertiary/aromatic N) is 2. The van der Waals surface area contributed by atoms with Gasteiger partial charge >= 0.3 is 0 Å². The predicted molar refractivity (Wildman–Crippen MR) is 196 cm³/mol. The van der Waals surface area contributed by atoms with Crippen molar-refractivity contribution in [3.05, 3.63) is 58.1 Å². The van der Waals surface area contributed by atoms with Crippen molar-refractivity contribution >= 4 is 34.2 Å².